The van der Waals surface area contributed by atoms with Gasteiger partial charge in [0.15, 0.2) is 5.82 Å². The van der Waals surface area contributed by atoms with Gasteiger partial charge in [-0.15, -0.1) is 0 Å². The Morgan fingerprint density at radius 3 is 2.71 bits per heavy atom. The van der Waals surface area contributed by atoms with E-state index >= 15 is 4.39 Å². The van der Waals surface area contributed by atoms with Crippen molar-refractivity contribution >= 4 is 32.7 Å². The van der Waals surface area contributed by atoms with Gasteiger partial charge in [0, 0.05) is 31.4 Å². The molecule has 2 aromatic rings. The molecule has 4 aliphatic rings. The number of anilines is 1. The maximum Gasteiger partial charge on any atom is 0.319 e. The number of alkyl halides is 1. The van der Waals surface area contributed by atoms with Crippen LogP contribution in [0.2, 0.25) is 0 Å². The summed E-state index contributed by atoms with van der Waals surface area (Å²) in [6.45, 7) is 2.67. The van der Waals surface area contributed by atoms with Crippen LogP contribution < -0.4 is 9.64 Å². The Labute approximate surface area is 204 Å². The zero-order valence-electron chi connectivity index (χ0n) is 18.6. The lowest BCUT2D eigenvalue weighted by atomic mass is 9.86. The maximum atomic E-state index is 15.1. The summed E-state index contributed by atoms with van der Waals surface area (Å²) in [4.78, 5) is 13.1. The van der Waals surface area contributed by atoms with Crippen molar-refractivity contribution in [1.29, 1.82) is 5.26 Å². The monoisotopic (exact) mass is 535 g/mol. The fourth-order valence-corrected chi connectivity index (χ4v) is 7.00. The fourth-order valence-electron chi connectivity index (χ4n) is 6.70. The zero-order valence-corrected chi connectivity index (χ0v) is 20.2. The third-order valence-corrected chi connectivity index (χ3v) is 9.03. The molecule has 6 rings (SSSR count). The van der Waals surface area contributed by atoms with E-state index in [9.17, 15) is 14.0 Å². The maximum absolute atomic E-state index is 15.1. The lowest BCUT2D eigenvalue weighted by Gasteiger charge is -2.36. The van der Waals surface area contributed by atoms with Gasteiger partial charge in [0.2, 0.25) is 0 Å². The number of piperidine rings is 1. The molecule has 1 saturated carbocycles. The minimum absolute atomic E-state index is 0.00570. The van der Waals surface area contributed by atoms with Gasteiger partial charge in [-0.2, -0.15) is 15.2 Å². The molecular weight excluding hydrogens is 511 g/mol. The summed E-state index contributed by atoms with van der Waals surface area (Å²) < 4.78 is 49.5. The van der Waals surface area contributed by atoms with Crippen LogP contribution in [0.4, 0.5) is 19.0 Å². The summed E-state index contributed by atoms with van der Waals surface area (Å²) in [6, 6.07) is 3.71. The summed E-state index contributed by atoms with van der Waals surface area (Å²) >= 11 is 2.98. The van der Waals surface area contributed by atoms with E-state index in [1.807, 2.05) is 4.90 Å². The van der Waals surface area contributed by atoms with Crippen molar-refractivity contribution in [2.75, 3.05) is 37.7 Å². The lowest BCUT2D eigenvalue weighted by Crippen LogP contribution is -2.44. The first-order chi connectivity index (χ1) is 16.4. The highest BCUT2D eigenvalue weighted by molar-refractivity contribution is 9.10. The molecule has 1 aromatic carbocycles. The SMILES string of the molecule is N#C[C@H]1[C@@H]2CC[C@H]1CN(c1nc(OC[C@@]34CCCN3C[C@H](F)C4)nc3c(F)c(Br)c(F)cc13)C2. The largest absolute Gasteiger partial charge is 0.461 e. The molecule has 1 aliphatic carbocycles. The van der Waals surface area contributed by atoms with Gasteiger partial charge < -0.3 is 9.64 Å². The van der Waals surface area contributed by atoms with E-state index in [0.717, 1.165) is 32.2 Å². The first-order valence-electron chi connectivity index (χ1n) is 11.9. The van der Waals surface area contributed by atoms with Gasteiger partial charge >= 0.3 is 6.01 Å². The third kappa shape index (κ3) is 3.46. The predicted molar refractivity (Wildman–Crippen MR) is 123 cm³/mol. The number of nitrogens with zero attached hydrogens (tertiary/aromatic N) is 5. The number of fused-ring (bicyclic) bond motifs is 4. The quantitative estimate of drug-likeness (QED) is 0.532. The molecular formula is C24H25BrF3N5O. The number of benzene rings is 1. The lowest BCUT2D eigenvalue weighted by molar-refractivity contribution is 0.107. The molecule has 0 N–H and O–H groups in total. The van der Waals surface area contributed by atoms with E-state index in [4.69, 9.17) is 4.74 Å². The van der Waals surface area contributed by atoms with Gasteiger partial charge in [0.25, 0.3) is 0 Å². The van der Waals surface area contributed by atoms with E-state index in [0.29, 0.717) is 31.9 Å². The molecule has 3 saturated heterocycles. The van der Waals surface area contributed by atoms with Gasteiger partial charge in [-0.25, -0.2) is 13.2 Å². The Morgan fingerprint density at radius 1 is 1.21 bits per heavy atom. The Morgan fingerprint density at radius 2 is 1.97 bits per heavy atom. The van der Waals surface area contributed by atoms with Gasteiger partial charge in [-0.05, 0) is 66.1 Å². The third-order valence-electron chi connectivity index (χ3n) is 8.30. The van der Waals surface area contributed by atoms with E-state index in [2.05, 4.69) is 36.9 Å². The summed E-state index contributed by atoms with van der Waals surface area (Å²) in [7, 11) is 0. The molecule has 0 radical (unpaired) electrons. The van der Waals surface area contributed by atoms with Crippen molar-refractivity contribution in [3.63, 3.8) is 0 Å². The van der Waals surface area contributed by atoms with Crippen LogP contribution in [-0.2, 0) is 0 Å². The average molecular weight is 536 g/mol. The molecule has 5 atom stereocenters. The van der Waals surface area contributed by atoms with E-state index in [1.165, 1.54) is 6.07 Å². The number of nitriles is 1. The molecule has 4 fully saturated rings. The second kappa shape index (κ2) is 8.23. The molecule has 0 unspecified atom stereocenters. The molecule has 180 valence electrons. The van der Waals surface area contributed by atoms with Crippen LogP contribution in [0, 0.1) is 40.7 Å². The minimum atomic E-state index is -0.884. The molecule has 34 heavy (non-hydrogen) atoms. The van der Waals surface area contributed by atoms with Crippen molar-refractivity contribution < 1.29 is 17.9 Å². The fraction of sp³-hybridized carbons (Fsp3) is 0.625. The van der Waals surface area contributed by atoms with Gasteiger partial charge in [0.1, 0.15) is 29.9 Å². The summed E-state index contributed by atoms with van der Waals surface area (Å²) in [5.41, 5.74) is -0.400. The topological polar surface area (TPSA) is 65.3 Å². The van der Waals surface area contributed by atoms with Crippen LogP contribution in [0.25, 0.3) is 10.9 Å². The first kappa shape index (κ1) is 22.4. The molecule has 3 aliphatic heterocycles. The van der Waals surface area contributed by atoms with Crippen molar-refractivity contribution in [3.8, 4) is 12.1 Å². The smallest absolute Gasteiger partial charge is 0.319 e. The number of rotatable bonds is 4. The number of ether oxygens (including phenoxy) is 1. The summed E-state index contributed by atoms with van der Waals surface area (Å²) in [5, 5.41) is 9.85. The highest BCUT2D eigenvalue weighted by Gasteiger charge is 2.49. The Hall–Kier alpha value is -2.12. The molecule has 1 aromatic heterocycles. The van der Waals surface area contributed by atoms with Gasteiger partial charge in [-0.3, -0.25) is 4.90 Å². The highest BCUT2D eigenvalue weighted by Crippen LogP contribution is 2.45. The minimum Gasteiger partial charge on any atom is -0.461 e. The number of aromatic nitrogens is 2. The van der Waals surface area contributed by atoms with Crippen molar-refractivity contribution in [2.24, 2.45) is 17.8 Å². The van der Waals surface area contributed by atoms with Crippen molar-refractivity contribution in [2.45, 2.75) is 43.8 Å². The predicted octanol–water partition coefficient (Wildman–Crippen LogP) is 4.61. The second-order valence-electron chi connectivity index (χ2n) is 10.2. The number of hydrogen-bond acceptors (Lipinski definition) is 6. The molecule has 2 bridgehead atoms. The Balaban J connectivity index is 1.37. The van der Waals surface area contributed by atoms with Gasteiger partial charge in [-0.1, -0.05) is 0 Å². The summed E-state index contributed by atoms with van der Waals surface area (Å²) in [6.07, 6.45) is 3.27. The van der Waals surface area contributed by atoms with Crippen LogP contribution in [0.5, 0.6) is 6.01 Å². The molecule has 4 heterocycles. The van der Waals surface area contributed by atoms with Crippen LogP contribution in [0.1, 0.15) is 32.1 Å². The molecule has 10 heteroatoms. The Bertz CT molecular complexity index is 1180. The summed E-state index contributed by atoms with van der Waals surface area (Å²) in [5.74, 6) is -0.689. The number of hydrogen-bond donors (Lipinski definition) is 0. The molecule has 0 amide bonds. The van der Waals surface area contributed by atoms with E-state index < -0.39 is 17.8 Å². The van der Waals surface area contributed by atoms with Crippen LogP contribution >= 0.6 is 15.9 Å². The van der Waals surface area contributed by atoms with Crippen LogP contribution in [0.15, 0.2) is 10.5 Å². The van der Waals surface area contributed by atoms with Crippen molar-refractivity contribution in [3.05, 3.63) is 22.2 Å². The molecule has 0 spiro atoms. The Kier molecular flexibility index (Phi) is 5.41. The second-order valence-corrected chi connectivity index (χ2v) is 11.0. The zero-order chi connectivity index (χ0) is 23.6. The molecule has 6 nitrogen and oxygen atoms in total. The highest BCUT2D eigenvalue weighted by atomic mass is 79.9. The normalized spacial score (nSPS) is 32.9. The first-order valence-corrected chi connectivity index (χ1v) is 12.7. The van der Waals surface area contributed by atoms with E-state index in [-0.39, 0.29) is 51.3 Å². The van der Waals surface area contributed by atoms with E-state index in [1.54, 1.807) is 0 Å². The standard InChI is InChI=1S/C24H25BrF3N5O/c25-19-18(27)6-16-21(20(19)28)30-23(34-12-24-4-1-5-33(24)11-15(26)7-24)31-22(16)32-9-13-2-3-14(10-32)17(13)8-29/h6,13-15,17H,1-5,7,9-12H2/t13-,14+,15-,17+,24+/m1/s1. The average Bonchev–Trinajstić information content (AvgIpc) is 3.42. The van der Waals surface area contributed by atoms with Crippen molar-refractivity contribution in [1.82, 2.24) is 14.9 Å². The number of halogens is 4. The van der Waals surface area contributed by atoms with Gasteiger partial charge in [0.05, 0.1) is 22.0 Å². The van der Waals surface area contributed by atoms with Crippen LogP contribution in [-0.4, -0.2) is 59.4 Å². The van der Waals surface area contributed by atoms with Crippen LogP contribution in [0.3, 0.4) is 0 Å².